The summed E-state index contributed by atoms with van der Waals surface area (Å²) in [5, 5.41) is 4.61. The monoisotopic (exact) mass is 450 g/mol. The van der Waals surface area contributed by atoms with Crippen molar-refractivity contribution in [2.75, 3.05) is 0 Å². The first kappa shape index (κ1) is 21.5. The number of nitrogens with zero attached hydrogens (tertiary/aromatic N) is 3. The molecule has 1 aliphatic carbocycles. The summed E-state index contributed by atoms with van der Waals surface area (Å²) in [5.41, 5.74) is 1.18. The molecule has 0 amide bonds. The van der Waals surface area contributed by atoms with Crippen molar-refractivity contribution < 1.29 is 21.6 Å². The van der Waals surface area contributed by atoms with E-state index in [1.165, 1.54) is 0 Å². The molecule has 2 heterocycles. The lowest BCUT2D eigenvalue weighted by Gasteiger charge is -2.13. The molecule has 3 aromatic rings. The van der Waals surface area contributed by atoms with Crippen LogP contribution in [-0.4, -0.2) is 23.2 Å². The second kappa shape index (κ2) is 8.43. The summed E-state index contributed by atoms with van der Waals surface area (Å²) in [4.78, 5) is 4.15. The highest BCUT2D eigenvalue weighted by Gasteiger charge is 2.30. The number of benzene rings is 1. The van der Waals surface area contributed by atoms with Crippen LogP contribution >= 0.6 is 0 Å². The van der Waals surface area contributed by atoms with Crippen molar-refractivity contribution in [2.45, 2.75) is 49.3 Å². The first-order valence-corrected chi connectivity index (χ1v) is 11.4. The molecule has 4 rings (SSSR count). The summed E-state index contributed by atoms with van der Waals surface area (Å²) >= 11 is 0. The Balaban J connectivity index is 1.55. The minimum atomic E-state index is -4.52. The maximum absolute atomic E-state index is 12.7. The lowest BCUT2D eigenvalue weighted by Crippen LogP contribution is -2.23. The number of rotatable bonds is 6. The fraction of sp³-hybridized carbons (Fsp3) is 0.333. The summed E-state index contributed by atoms with van der Waals surface area (Å²) in [6.45, 7) is -0.0804. The lowest BCUT2D eigenvalue weighted by molar-refractivity contribution is -0.137. The average molecular weight is 450 g/mol. The van der Waals surface area contributed by atoms with Gasteiger partial charge in [0.15, 0.2) is 0 Å². The molecule has 1 N–H and O–H groups in total. The van der Waals surface area contributed by atoms with Gasteiger partial charge in [-0.3, -0.25) is 9.67 Å². The molecule has 1 fully saturated rings. The summed E-state index contributed by atoms with van der Waals surface area (Å²) in [7, 11) is -3.99. The molecular formula is C21H21F3N4O2S. The molecule has 0 radical (unpaired) electrons. The highest BCUT2D eigenvalue weighted by atomic mass is 32.2. The predicted octanol–water partition coefficient (Wildman–Crippen LogP) is 4.56. The molecule has 10 heteroatoms. The van der Waals surface area contributed by atoms with Gasteiger partial charge in [-0.15, -0.1) is 0 Å². The van der Waals surface area contributed by atoms with Gasteiger partial charge in [-0.2, -0.15) is 18.3 Å². The maximum Gasteiger partial charge on any atom is 0.416 e. The number of aromatic nitrogens is 3. The quantitative estimate of drug-likeness (QED) is 0.598. The molecule has 1 aliphatic rings. The Labute approximate surface area is 178 Å². The van der Waals surface area contributed by atoms with Gasteiger partial charge in [0.1, 0.15) is 0 Å². The first-order valence-electron chi connectivity index (χ1n) is 9.91. The van der Waals surface area contributed by atoms with E-state index in [1.807, 2.05) is 22.9 Å². The maximum atomic E-state index is 12.7. The Hall–Kier alpha value is -2.72. The number of halogens is 3. The van der Waals surface area contributed by atoms with Gasteiger partial charge in [0.25, 0.3) is 0 Å². The third kappa shape index (κ3) is 4.80. The van der Waals surface area contributed by atoms with Gasteiger partial charge >= 0.3 is 6.18 Å². The Morgan fingerprint density at radius 1 is 1.06 bits per heavy atom. The average Bonchev–Trinajstić information content (AvgIpc) is 3.42. The van der Waals surface area contributed by atoms with Crippen LogP contribution in [0.1, 0.15) is 43.0 Å². The minimum absolute atomic E-state index is 0.0804. The fourth-order valence-corrected chi connectivity index (χ4v) is 4.74. The van der Waals surface area contributed by atoms with Gasteiger partial charge in [0.05, 0.1) is 40.1 Å². The largest absolute Gasteiger partial charge is 0.416 e. The molecule has 6 nitrogen and oxygen atoms in total. The number of hydrogen-bond acceptors (Lipinski definition) is 4. The van der Waals surface area contributed by atoms with Gasteiger partial charge in [-0.25, -0.2) is 13.1 Å². The van der Waals surface area contributed by atoms with Crippen LogP contribution in [0.25, 0.3) is 11.4 Å². The molecule has 0 aliphatic heterocycles. The van der Waals surface area contributed by atoms with E-state index in [-0.39, 0.29) is 17.5 Å². The number of sulfonamides is 1. The molecule has 0 unspecified atom stereocenters. The number of pyridine rings is 1. The Morgan fingerprint density at radius 3 is 2.39 bits per heavy atom. The summed E-state index contributed by atoms with van der Waals surface area (Å²) in [6.07, 6.45) is 1.39. The lowest BCUT2D eigenvalue weighted by atomic mass is 10.2. The highest BCUT2D eigenvalue weighted by molar-refractivity contribution is 7.89. The summed E-state index contributed by atoms with van der Waals surface area (Å²) in [5.74, 6) is 0. The SMILES string of the molecule is O=S(=O)(NCc1cc(-c2ccccn2)n(C2CCCC2)n1)c1ccc(C(F)(F)F)cc1. The van der Waals surface area contributed by atoms with Crippen molar-refractivity contribution in [1.82, 2.24) is 19.5 Å². The van der Waals surface area contributed by atoms with Gasteiger partial charge < -0.3 is 0 Å². The molecule has 1 aromatic carbocycles. The number of nitrogens with one attached hydrogen (secondary N) is 1. The normalized spacial score (nSPS) is 15.5. The smallest absolute Gasteiger partial charge is 0.260 e. The second-order valence-electron chi connectivity index (χ2n) is 7.47. The van der Waals surface area contributed by atoms with Crippen LogP contribution in [0.3, 0.4) is 0 Å². The van der Waals surface area contributed by atoms with E-state index in [9.17, 15) is 21.6 Å². The van der Waals surface area contributed by atoms with Crippen molar-refractivity contribution in [2.24, 2.45) is 0 Å². The van der Waals surface area contributed by atoms with E-state index in [4.69, 9.17) is 0 Å². The highest BCUT2D eigenvalue weighted by Crippen LogP contribution is 2.33. The zero-order chi connectivity index (χ0) is 22.1. The topological polar surface area (TPSA) is 76.9 Å². The van der Waals surface area contributed by atoms with E-state index >= 15 is 0 Å². The van der Waals surface area contributed by atoms with Crippen LogP contribution in [0.2, 0.25) is 0 Å². The fourth-order valence-electron chi connectivity index (χ4n) is 3.74. The third-order valence-electron chi connectivity index (χ3n) is 5.32. The van der Waals surface area contributed by atoms with Crippen molar-refractivity contribution >= 4 is 10.0 Å². The molecule has 1 saturated carbocycles. The molecule has 0 atom stereocenters. The van der Waals surface area contributed by atoms with E-state index in [0.717, 1.165) is 61.3 Å². The molecular weight excluding hydrogens is 429 g/mol. The zero-order valence-electron chi connectivity index (χ0n) is 16.5. The van der Waals surface area contributed by atoms with Gasteiger partial charge in [0.2, 0.25) is 10.0 Å². The number of hydrogen-bond donors (Lipinski definition) is 1. The Morgan fingerprint density at radius 2 is 1.77 bits per heavy atom. The van der Waals surface area contributed by atoms with Crippen molar-refractivity contribution in [3.8, 4) is 11.4 Å². The summed E-state index contributed by atoms with van der Waals surface area (Å²) in [6, 6.07) is 11.0. The standard InChI is InChI=1S/C21H21F3N4O2S/c22-21(23,24)15-8-10-18(11-9-15)31(29,30)26-14-16-13-20(19-7-3-4-12-25-19)28(27-16)17-5-1-2-6-17/h3-4,7-13,17,26H,1-2,5-6,14H2. The van der Waals surface area contributed by atoms with Crippen LogP contribution in [0, 0.1) is 0 Å². The molecule has 2 aromatic heterocycles. The summed E-state index contributed by atoms with van der Waals surface area (Å²) < 4.78 is 67.6. The van der Waals surface area contributed by atoms with Crippen LogP contribution in [0.4, 0.5) is 13.2 Å². The molecule has 164 valence electrons. The van der Waals surface area contributed by atoms with Crippen molar-refractivity contribution in [1.29, 1.82) is 0 Å². The van der Waals surface area contributed by atoms with E-state index in [2.05, 4.69) is 14.8 Å². The van der Waals surface area contributed by atoms with Gasteiger partial charge in [0, 0.05) is 6.20 Å². The van der Waals surface area contributed by atoms with Gasteiger partial charge in [-0.05, 0) is 55.3 Å². The van der Waals surface area contributed by atoms with E-state index in [1.54, 1.807) is 12.3 Å². The minimum Gasteiger partial charge on any atom is -0.260 e. The van der Waals surface area contributed by atoms with E-state index < -0.39 is 21.8 Å². The molecule has 0 spiro atoms. The van der Waals surface area contributed by atoms with Crippen molar-refractivity contribution in [3.05, 3.63) is 66.0 Å². The van der Waals surface area contributed by atoms with Crippen molar-refractivity contribution in [3.63, 3.8) is 0 Å². The Bertz CT molecular complexity index is 1140. The van der Waals surface area contributed by atoms with Gasteiger partial charge in [-0.1, -0.05) is 18.9 Å². The van der Waals surface area contributed by atoms with E-state index in [0.29, 0.717) is 5.69 Å². The second-order valence-corrected chi connectivity index (χ2v) is 9.23. The third-order valence-corrected chi connectivity index (χ3v) is 6.74. The predicted molar refractivity (Wildman–Crippen MR) is 108 cm³/mol. The van der Waals surface area contributed by atoms with Crippen LogP contribution in [0.15, 0.2) is 59.6 Å². The van der Waals surface area contributed by atoms with Crippen LogP contribution in [-0.2, 0) is 22.7 Å². The molecule has 0 saturated heterocycles. The van der Waals surface area contributed by atoms with Crippen LogP contribution < -0.4 is 4.72 Å². The zero-order valence-corrected chi connectivity index (χ0v) is 17.3. The molecule has 0 bridgehead atoms. The molecule has 31 heavy (non-hydrogen) atoms. The first-order chi connectivity index (χ1) is 14.7. The Kier molecular flexibility index (Phi) is 5.85. The number of alkyl halides is 3. The van der Waals surface area contributed by atoms with Crippen LogP contribution in [0.5, 0.6) is 0 Å².